The smallest absolute Gasteiger partial charge is 0.238 e. The van der Waals surface area contributed by atoms with E-state index < -0.39 is 5.25 Å². The monoisotopic (exact) mass is 358 g/mol. The van der Waals surface area contributed by atoms with Crippen molar-refractivity contribution in [3.8, 4) is 0 Å². The number of carbonyl (C=O) groups excluding carboxylic acids is 1. The first-order valence-electron chi connectivity index (χ1n) is 7.65. The van der Waals surface area contributed by atoms with Gasteiger partial charge in [-0.15, -0.1) is 11.3 Å². The van der Waals surface area contributed by atoms with Gasteiger partial charge in [0.25, 0.3) is 0 Å². The van der Waals surface area contributed by atoms with Crippen LogP contribution >= 0.6 is 23.1 Å². The van der Waals surface area contributed by atoms with Crippen LogP contribution in [-0.4, -0.2) is 29.1 Å². The van der Waals surface area contributed by atoms with Crippen LogP contribution in [0.1, 0.15) is 16.4 Å². The van der Waals surface area contributed by atoms with Crippen LogP contribution < -0.4 is 5.32 Å². The first-order chi connectivity index (χ1) is 11.7. The number of hydrogen-bond donors (Lipinski definition) is 2. The summed E-state index contributed by atoms with van der Waals surface area (Å²) in [5.41, 5.74) is 3.03. The number of fused-ring (bicyclic) bond motifs is 1. The molecule has 0 aliphatic rings. The Morgan fingerprint density at radius 1 is 1.25 bits per heavy atom. The highest BCUT2D eigenvalue weighted by Gasteiger charge is 2.23. The molecular weight excluding hydrogens is 340 g/mol. The number of amides is 1. The van der Waals surface area contributed by atoms with Crippen molar-refractivity contribution in [2.75, 3.05) is 13.2 Å². The quantitative estimate of drug-likeness (QED) is 0.662. The van der Waals surface area contributed by atoms with Gasteiger partial charge in [0.15, 0.2) is 4.34 Å². The van der Waals surface area contributed by atoms with E-state index in [0.717, 1.165) is 25.7 Å². The van der Waals surface area contributed by atoms with Gasteiger partial charge in [-0.3, -0.25) is 4.79 Å². The summed E-state index contributed by atoms with van der Waals surface area (Å²) in [7, 11) is 0. The van der Waals surface area contributed by atoms with E-state index in [2.05, 4.69) is 10.3 Å². The summed E-state index contributed by atoms with van der Waals surface area (Å²) in [4.78, 5) is 17.2. The van der Waals surface area contributed by atoms with Crippen LogP contribution in [0.4, 0.5) is 0 Å². The van der Waals surface area contributed by atoms with E-state index >= 15 is 0 Å². The Labute approximate surface area is 148 Å². The summed E-state index contributed by atoms with van der Waals surface area (Å²) < 4.78 is 1.97. The predicted octanol–water partition coefficient (Wildman–Crippen LogP) is 3.55. The van der Waals surface area contributed by atoms with Crippen molar-refractivity contribution in [2.24, 2.45) is 0 Å². The molecule has 1 heterocycles. The molecule has 2 N–H and O–H groups in total. The third-order valence-electron chi connectivity index (χ3n) is 3.52. The molecule has 0 fully saturated rings. The highest BCUT2D eigenvalue weighted by atomic mass is 32.2. The number of hydrogen-bond acceptors (Lipinski definition) is 5. The molecule has 0 radical (unpaired) electrons. The molecule has 0 aliphatic heterocycles. The predicted molar refractivity (Wildman–Crippen MR) is 99.5 cm³/mol. The summed E-state index contributed by atoms with van der Waals surface area (Å²) in [6.07, 6.45) is 0. The second-order valence-electron chi connectivity index (χ2n) is 5.37. The molecule has 124 valence electrons. The molecule has 0 spiro atoms. The van der Waals surface area contributed by atoms with Crippen LogP contribution in [-0.2, 0) is 4.79 Å². The molecule has 4 nitrogen and oxygen atoms in total. The first kappa shape index (κ1) is 17.0. The van der Waals surface area contributed by atoms with Gasteiger partial charge in [0.1, 0.15) is 5.25 Å². The Kier molecular flexibility index (Phi) is 5.50. The Hall–Kier alpha value is -1.89. The number of para-hydroxylation sites is 1. The first-order valence-corrected chi connectivity index (χ1v) is 9.34. The van der Waals surface area contributed by atoms with Crippen molar-refractivity contribution >= 4 is 39.2 Å². The van der Waals surface area contributed by atoms with E-state index in [1.54, 1.807) is 11.3 Å². The summed E-state index contributed by atoms with van der Waals surface area (Å²) >= 11 is 3.03. The topological polar surface area (TPSA) is 62.2 Å². The van der Waals surface area contributed by atoms with Gasteiger partial charge in [0.2, 0.25) is 5.91 Å². The van der Waals surface area contributed by atoms with E-state index in [1.807, 2.05) is 55.5 Å². The SMILES string of the molecule is Cc1ccc(C(Sc2nc3ccccc3s2)C(=O)NCCO)cc1. The Morgan fingerprint density at radius 3 is 2.71 bits per heavy atom. The van der Waals surface area contributed by atoms with Gasteiger partial charge < -0.3 is 10.4 Å². The van der Waals surface area contributed by atoms with Crippen LogP contribution in [0.15, 0.2) is 52.9 Å². The number of thiazole rings is 1. The number of aliphatic hydroxyl groups excluding tert-OH is 1. The van der Waals surface area contributed by atoms with E-state index in [4.69, 9.17) is 5.11 Å². The molecule has 6 heteroatoms. The van der Waals surface area contributed by atoms with Gasteiger partial charge in [-0.05, 0) is 24.6 Å². The maximum absolute atomic E-state index is 12.5. The second-order valence-corrected chi connectivity index (χ2v) is 7.75. The molecule has 0 saturated heterocycles. The number of aliphatic hydroxyl groups is 1. The summed E-state index contributed by atoms with van der Waals surface area (Å²) in [6, 6.07) is 15.9. The van der Waals surface area contributed by atoms with Crippen molar-refractivity contribution in [3.05, 3.63) is 59.7 Å². The fourth-order valence-electron chi connectivity index (χ4n) is 2.29. The molecule has 3 rings (SSSR count). The minimum Gasteiger partial charge on any atom is -0.395 e. The van der Waals surface area contributed by atoms with Crippen LogP contribution in [0.2, 0.25) is 0 Å². The van der Waals surface area contributed by atoms with Crippen LogP contribution in [0, 0.1) is 6.92 Å². The average molecular weight is 358 g/mol. The van der Waals surface area contributed by atoms with Crippen LogP contribution in [0.3, 0.4) is 0 Å². The zero-order valence-electron chi connectivity index (χ0n) is 13.2. The average Bonchev–Trinajstić information content (AvgIpc) is 3.01. The van der Waals surface area contributed by atoms with Gasteiger partial charge in [0, 0.05) is 6.54 Å². The number of nitrogens with one attached hydrogen (secondary N) is 1. The molecular formula is C18H18N2O2S2. The van der Waals surface area contributed by atoms with Crippen molar-refractivity contribution in [3.63, 3.8) is 0 Å². The Bertz CT molecular complexity index is 797. The lowest BCUT2D eigenvalue weighted by Crippen LogP contribution is -2.30. The Balaban J connectivity index is 1.88. The second kappa shape index (κ2) is 7.79. The molecule has 2 aromatic carbocycles. The van der Waals surface area contributed by atoms with Gasteiger partial charge in [0.05, 0.1) is 16.8 Å². The summed E-state index contributed by atoms with van der Waals surface area (Å²) in [6.45, 7) is 2.20. The van der Waals surface area contributed by atoms with Gasteiger partial charge in [-0.1, -0.05) is 53.7 Å². The number of nitrogens with zero attached hydrogens (tertiary/aromatic N) is 1. The number of rotatable bonds is 6. The standard InChI is InChI=1S/C18H18N2O2S2/c1-12-6-8-13(9-7-12)16(17(22)19-10-11-21)24-18-20-14-4-2-3-5-15(14)23-18/h2-9,16,21H,10-11H2,1H3,(H,19,22). The maximum atomic E-state index is 12.5. The molecule has 0 aliphatic carbocycles. The van der Waals surface area contributed by atoms with Crippen LogP contribution in [0.5, 0.6) is 0 Å². The highest BCUT2D eigenvalue weighted by Crippen LogP contribution is 2.39. The van der Waals surface area contributed by atoms with Gasteiger partial charge in [-0.2, -0.15) is 0 Å². The lowest BCUT2D eigenvalue weighted by Gasteiger charge is -2.15. The van der Waals surface area contributed by atoms with E-state index in [-0.39, 0.29) is 19.1 Å². The lowest BCUT2D eigenvalue weighted by molar-refractivity contribution is -0.120. The number of carbonyl (C=O) groups is 1. The maximum Gasteiger partial charge on any atom is 0.238 e. The zero-order valence-corrected chi connectivity index (χ0v) is 14.9. The fourth-order valence-corrected chi connectivity index (χ4v) is 4.57. The Morgan fingerprint density at radius 2 is 2.00 bits per heavy atom. The minimum absolute atomic E-state index is 0.0713. The molecule has 0 saturated carbocycles. The highest BCUT2D eigenvalue weighted by molar-refractivity contribution is 8.02. The third kappa shape index (κ3) is 3.95. The largest absolute Gasteiger partial charge is 0.395 e. The van der Waals surface area contributed by atoms with E-state index in [9.17, 15) is 4.79 Å². The van der Waals surface area contributed by atoms with Crippen molar-refractivity contribution in [2.45, 2.75) is 16.5 Å². The zero-order chi connectivity index (χ0) is 16.9. The number of aromatic nitrogens is 1. The molecule has 1 aromatic heterocycles. The van der Waals surface area contributed by atoms with Crippen molar-refractivity contribution in [1.82, 2.24) is 10.3 Å². The molecule has 1 atom stereocenters. The van der Waals surface area contributed by atoms with Crippen LogP contribution in [0.25, 0.3) is 10.2 Å². The van der Waals surface area contributed by atoms with Crippen molar-refractivity contribution in [1.29, 1.82) is 0 Å². The molecule has 0 bridgehead atoms. The number of aryl methyl sites for hydroxylation is 1. The van der Waals surface area contributed by atoms with Gasteiger partial charge >= 0.3 is 0 Å². The number of benzene rings is 2. The normalized spacial score (nSPS) is 12.2. The molecule has 1 unspecified atom stereocenters. The van der Waals surface area contributed by atoms with E-state index in [1.165, 1.54) is 11.8 Å². The molecule has 3 aromatic rings. The summed E-state index contributed by atoms with van der Waals surface area (Å²) in [5, 5.41) is 11.3. The minimum atomic E-state index is -0.391. The fraction of sp³-hybridized carbons (Fsp3) is 0.222. The van der Waals surface area contributed by atoms with Crippen molar-refractivity contribution < 1.29 is 9.90 Å². The number of thioether (sulfide) groups is 1. The molecule has 1 amide bonds. The molecule has 24 heavy (non-hydrogen) atoms. The van der Waals surface area contributed by atoms with E-state index in [0.29, 0.717) is 0 Å². The third-order valence-corrected chi connectivity index (χ3v) is 5.91. The summed E-state index contributed by atoms with van der Waals surface area (Å²) in [5.74, 6) is -0.114. The lowest BCUT2D eigenvalue weighted by atomic mass is 10.1. The van der Waals surface area contributed by atoms with Gasteiger partial charge in [-0.25, -0.2) is 4.98 Å².